The average Bonchev–Trinajstić information content (AvgIpc) is 3.00. The lowest BCUT2D eigenvalue weighted by atomic mass is 10.1. The van der Waals surface area contributed by atoms with Crippen LogP contribution in [0.5, 0.6) is 0 Å². The molecule has 1 amide bonds. The van der Waals surface area contributed by atoms with Gasteiger partial charge in [0.25, 0.3) is 5.91 Å². The van der Waals surface area contributed by atoms with Crippen molar-refractivity contribution in [1.29, 1.82) is 0 Å². The second kappa shape index (κ2) is 7.60. The van der Waals surface area contributed by atoms with Gasteiger partial charge in [0.1, 0.15) is 0 Å². The van der Waals surface area contributed by atoms with Crippen LogP contribution in [0.4, 0.5) is 11.4 Å². The van der Waals surface area contributed by atoms with Crippen LogP contribution in [-0.2, 0) is 16.6 Å². The first kappa shape index (κ1) is 19.2. The maximum absolute atomic E-state index is 12.7. The number of rotatable bonds is 5. The molecular weight excluding hydrogens is 362 g/mol. The maximum Gasteiger partial charge on any atom is 0.253 e. The molecule has 6 nitrogen and oxygen atoms in total. The van der Waals surface area contributed by atoms with Gasteiger partial charge in [-0.05, 0) is 48.4 Å². The maximum atomic E-state index is 12.7. The fraction of sp³-hybridized carbons (Fsp3) is 0.350. The second-order valence-electron chi connectivity index (χ2n) is 7.01. The zero-order chi connectivity index (χ0) is 19.6. The lowest BCUT2D eigenvalue weighted by molar-refractivity contribution is 0.0785. The number of carbonyl (C=O) groups is 1. The van der Waals surface area contributed by atoms with Crippen molar-refractivity contribution in [3.8, 4) is 0 Å². The molecule has 0 aromatic heterocycles. The van der Waals surface area contributed by atoms with Gasteiger partial charge in [-0.25, -0.2) is 8.42 Å². The van der Waals surface area contributed by atoms with Gasteiger partial charge < -0.3 is 9.80 Å². The Kier molecular flexibility index (Phi) is 5.41. The van der Waals surface area contributed by atoms with Gasteiger partial charge in [-0.15, -0.1) is 0 Å². The third kappa shape index (κ3) is 4.24. The van der Waals surface area contributed by atoms with E-state index in [2.05, 4.69) is 0 Å². The van der Waals surface area contributed by atoms with Crippen molar-refractivity contribution in [3.63, 3.8) is 0 Å². The van der Waals surface area contributed by atoms with Gasteiger partial charge in [0.05, 0.1) is 11.4 Å². The van der Waals surface area contributed by atoms with Gasteiger partial charge >= 0.3 is 0 Å². The van der Waals surface area contributed by atoms with Crippen molar-refractivity contribution in [3.05, 3.63) is 59.7 Å². The summed E-state index contributed by atoms with van der Waals surface area (Å²) in [7, 11) is 2.54. The first-order valence-corrected chi connectivity index (χ1v) is 10.5. The molecule has 0 bridgehead atoms. The highest BCUT2D eigenvalue weighted by Crippen LogP contribution is 2.24. The summed E-state index contributed by atoms with van der Waals surface area (Å²) in [6.07, 6.45) is 0.637. The molecule has 1 heterocycles. The van der Waals surface area contributed by atoms with E-state index in [1.54, 1.807) is 36.2 Å². The average molecular weight is 388 g/mol. The topological polar surface area (TPSA) is 60.9 Å². The Morgan fingerprint density at radius 2 is 1.63 bits per heavy atom. The predicted octanol–water partition coefficient (Wildman–Crippen LogP) is 2.56. The zero-order valence-electron chi connectivity index (χ0n) is 15.9. The summed E-state index contributed by atoms with van der Waals surface area (Å²) in [5.41, 5.74) is 3.32. The standard InChI is InChI=1S/C20H25N3O3S/c1-21(2)18-9-5-16(6-10-18)15-22(3)20(24)17-7-11-19(12-8-17)23-13-4-14-27(23,25)26/h5-12H,4,13-15H2,1-3H3. The highest BCUT2D eigenvalue weighted by molar-refractivity contribution is 7.93. The van der Waals surface area contributed by atoms with Crippen LogP contribution in [0.25, 0.3) is 0 Å². The number of amides is 1. The molecule has 144 valence electrons. The normalized spacial score (nSPS) is 15.6. The third-order valence-corrected chi connectivity index (χ3v) is 6.59. The van der Waals surface area contributed by atoms with Crippen LogP contribution in [0.15, 0.2) is 48.5 Å². The van der Waals surface area contributed by atoms with Crippen LogP contribution < -0.4 is 9.21 Å². The summed E-state index contributed by atoms with van der Waals surface area (Å²) in [4.78, 5) is 16.4. The molecule has 1 aliphatic heterocycles. The van der Waals surface area contributed by atoms with Gasteiger partial charge in [0, 0.05) is 45.5 Å². The van der Waals surface area contributed by atoms with Crippen LogP contribution in [0.3, 0.4) is 0 Å². The molecule has 0 N–H and O–H groups in total. The number of sulfonamides is 1. The minimum atomic E-state index is -3.21. The molecule has 7 heteroatoms. The van der Waals surface area contributed by atoms with E-state index >= 15 is 0 Å². The first-order valence-electron chi connectivity index (χ1n) is 8.90. The van der Waals surface area contributed by atoms with Gasteiger partial charge in [-0.2, -0.15) is 0 Å². The van der Waals surface area contributed by atoms with Crippen molar-refractivity contribution in [2.75, 3.05) is 42.6 Å². The number of carbonyl (C=O) groups excluding carboxylic acids is 1. The fourth-order valence-corrected chi connectivity index (χ4v) is 4.73. The van der Waals surface area contributed by atoms with Crippen LogP contribution in [0.1, 0.15) is 22.3 Å². The number of hydrogen-bond donors (Lipinski definition) is 0. The van der Waals surface area contributed by atoms with Crippen molar-refractivity contribution in [1.82, 2.24) is 4.90 Å². The monoisotopic (exact) mass is 387 g/mol. The van der Waals surface area contributed by atoms with Crippen molar-refractivity contribution in [2.24, 2.45) is 0 Å². The molecule has 0 unspecified atom stereocenters. The minimum absolute atomic E-state index is 0.0949. The second-order valence-corrected chi connectivity index (χ2v) is 9.02. The smallest absolute Gasteiger partial charge is 0.253 e. The quantitative estimate of drug-likeness (QED) is 0.791. The molecule has 0 atom stereocenters. The Balaban J connectivity index is 1.68. The predicted molar refractivity (Wildman–Crippen MR) is 109 cm³/mol. The molecule has 1 aliphatic rings. The summed E-state index contributed by atoms with van der Waals surface area (Å²) in [5, 5.41) is 0. The summed E-state index contributed by atoms with van der Waals surface area (Å²) in [6.45, 7) is 1.01. The lowest BCUT2D eigenvalue weighted by Crippen LogP contribution is -2.27. The van der Waals surface area contributed by atoms with Crippen LogP contribution in [-0.4, -0.2) is 52.7 Å². The number of hydrogen-bond acceptors (Lipinski definition) is 4. The van der Waals surface area contributed by atoms with Gasteiger partial charge in [0.2, 0.25) is 10.0 Å². The van der Waals surface area contributed by atoms with E-state index in [1.807, 2.05) is 43.3 Å². The Hall–Kier alpha value is -2.54. The molecule has 3 rings (SSSR count). The first-order chi connectivity index (χ1) is 12.8. The van der Waals surface area contributed by atoms with Crippen molar-refractivity contribution in [2.45, 2.75) is 13.0 Å². The highest BCUT2D eigenvalue weighted by Gasteiger charge is 2.28. The van der Waals surface area contributed by atoms with Crippen molar-refractivity contribution < 1.29 is 13.2 Å². The van der Waals surface area contributed by atoms with E-state index in [4.69, 9.17) is 0 Å². The number of nitrogens with zero attached hydrogens (tertiary/aromatic N) is 3. The molecule has 0 aliphatic carbocycles. The molecule has 1 fully saturated rings. The molecule has 0 radical (unpaired) electrons. The highest BCUT2D eigenvalue weighted by atomic mass is 32.2. The van der Waals surface area contributed by atoms with Gasteiger partial charge in [-0.1, -0.05) is 12.1 Å². The molecule has 2 aromatic carbocycles. The molecule has 1 saturated heterocycles. The van der Waals surface area contributed by atoms with Crippen LogP contribution in [0, 0.1) is 0 Å². The molecular formula is C20H25N3O3S. The van der Waals surface area contributed by atoms with Crippen LogP contribution >= 0.6 is 0 Å². The largest absolute Gasteiger partial charge is 0.378 e. The zero-order valence-corrected chi connectivity index (χ0v) is 16.7. The van der Waals surface area contributed by atoms with E-state index in [0.29, 0.717) is 30.8 Å². The Labute approximate surface area is 161 Å². The summed E-state index contributed by atoms with van der Waals surface area (Å²) in [5.74, 6) is 0.0887. The van der Waals surface area contributed by atoms with E-state index in [-0.39, 0.29) is 11.7 Å². The van der Waals surface area contributed by atoms with Gasteiger partial charge in [0.15, 0.2) is 0 Å². The van der Waals surface area contributed by atoms with E-state index in [9.17, 15) is 13.2 Å². The fourth-order valence-electron chi connectivity index (χ4n) is 3.17. The van der Waals surface area contributed by atoms with E-state index in [0.717, 1.165) is 11.3 Å². The Morgan fingerprint density at radius 1 is 1.00 bits per heavy atom. The SMILES string of the molecule is CN(Cc1ccc(N(C)C)cc1)C(=O)c1ccc(N2CCCS2(=O)=O)cc1. The molecule has 0 saturated carbocycles. The van der Waals surface area contributed by atoms with E-state index in [1.165, 1.54) is 4.31 Å². The molecule has 27 heavy (non-hydrogen) atoms. The van der Waals surface area contributed by atoms with E-state index < -0.39 is 10.0 Å². The molecule has 0 spiro atoms. The Bertz CT molecular complexity index is 906. The van der Waals surface area contributed by atoms with Crippen molar-refractivity contribution >= 4 is 27.3 Å². The van der Waals surface area contributed by atoms with Crippen LogP contribution in [0.2, 0.25) is 0 Å². The summed E-state index contributed by atoms with van der Waals surface area (Å²) in [6, 6.07) is 14.9. The Morgan fingerprint density at radius 3 is 2.15 bits per heavy atom. The number of benzene rings is 2. The summed E-state index contributed by atoms with van der Waals surface area (Å²) < 4.78 is 25.4. The molecule has 2 aromatic rings. The lowest BCUT2D eigenvalue weighted by Gasteiger charge is -2.20. The van der Waals surface area contributed by atoms with Gasteiger partial charge in [-0.3, -0.25) is 9.10 Å². The summed E-state index contributed by atoms with van der Waals surface area (Å²) >= 11 is 0. The number of anilines is 2. The third-order valence-electron chi connectivity index (χ3n) is 4.72. The minimum Gasteiger partial charge on any atom is -0.378 e.